The van der Waals surface area contributed by atoms with Gasteiger partial charge in [-0.1, -0.05) is 24.3 Å². The molecule has 6 aromatic rings. The zero-order valence-electron chi connectivity index (χ0n) is 24.5. The second-order valence-corrected chi connectivity index (χ2v) is 12.9. The van der Waals surface area contributed by atoms with Gasteiger partial charge in [0.15, 0.2) is 5.82 Å². The van der Waals surface area contributed by atoms with Crippen LogP contribution < -0.4 is 9.62 Å². The second-order valence-electron chi connectivity index (χ2n) is 10.9. The lowest BCUT2D eigenvalue weighted by molar-refractivity contribution is 0.0964. The fourth-order valence-corrected chi connectivity index (χ4v) is 6.50. The number of nitrogens with one attached hydrogen (secondary N) is 1. The molecule has 5 heterocycles. The molecule has 2 aromatic carbocycles. The number of halogens is 1. The predicted octanol–water partition coefficient (Wildman–Crippen LogP) is 5.94. The van der Waals surface area contributed by atoms with Crippen molar-refractivity contribution < 1.29 is 22.0 Å². The van der Waals surface area contributed by atoms with Crippen molar-refractivity contribution in [3.63, 3.8) is 0 Å². The zero-order valence-corrected chi connectivity index (χ0v) is 25.3. The van der Waals surface area contributed by atoms with Crippen LogP contribution in [-0.2, 0) is 23.0 Å². The normalized spacial score (nSPS) is 12.8. The van der Waals surface area contributed by atoms with Crippen molar-refractivity contribution in [2.45, 2.75) is 19.9 Å². The Morgan fingerprint density at radius 1 is 1.05 bits per heavy atom. The molecule has 0 fully saturated rings. The van der Waals surface area contributed by atoms with Crippen molar-refractivity contribution in [2.75, 3.05) is 24.7 Å². The predicted molar refractivity (Wildman–Crippen MR) is 169 cm³/mol. The number of hydrogen-bond donors (Lipinski definition) is 1. The molecule has 0 unspecified atom stereocenters. The summed E-state index contributed by atoms with van der Waals surface area (Å²) in [6.07, 6.45) is 1.89. The maximum absolute atomic E-state index is 13.7. The third kappa shape index (κ3) is 4.26. The minimum atomic E-state index is -3.75. The first-order valence-electron chi connectivity index (χ1n) is 14.0. The first-order valence-corrected chi connectivity index (χ1v) is 15.9. The van der Waals surface area contributed by atoms with Crippen LogP contribution in [-0.4, -0.2) is 49.2 Å². The molecular formula is C33H28FN5O4S. The number of aryl methyl sites for hydroxylation is 3. The molecule has 0 aliphatic carbocycles. The summed E-state index contributed by atoms with van der Waals surface area (Å²) in [6.45, 7) is 2.91. The van der Waals surface area contributed by atoms with Gasteiger partial charge in [-0.25, -0.2) is 17.8 Å². The summed E-state index contributed by atoms with van der Waals surface area (Å²) in [5.74, 6) is -0.575. The monoisotopic (exact) mass is 609 g/mol. The van der Waals surface area contributed by atoms with Crippen LogP contribution in [0, 0.1) is 12.7 Å². The number of carbonyl (C=O) groups is 1. The van der Waals surface area contributed by atoms with Crippen molar-refractivity contribution >= 4 is 43.8 Å². The van der Waals surface area contributed by atoms with Crippen LogP contribution in [0.1, 0.15) is 21.5 Å². The second kappa shape index (κ2) is 10.0. The lowest BCUT2D eigenvalue weighted by Crippen LogP contribution is -2.26. The average Bonchev–Trinajstić information content (AvgIpc) is 3.54. The highest BCUT2D eigenvalue weighted by molar-refractivity contribution is 7.92. The van der Waals surface area contributed by atoms with Gasteiger partial charge in [0.2, 0.25) is 15.7 Å². The van der Waals surface area contributed by atoms with Crippen LogP contribution in [0.4, 0.5) is 10.2 Å². The third-order valence-electron chi connectivity index (χ3n) is 8.33. The Morgan fingerprint density at radius 2 is 1.80 bits per heavy atom. The molecule has 11 heteroatoms. The molecular weight excluding hydrogens is 581 g/mol. The molecule has 7 rings (SSSR count). The largest absolute Gasteiger partial charge is 0.437 e. The lowest BCUT2D eigenvalue weighted by atomic mass is 9.99. The number of pyridine rings is 2. The molecule has 9 nitrogen and oxygen atoms in total. The van der Waals surface area contributed by atoms with Gasteiger partial charge in [-0.05, 0) is 66.9 Å². The van der Waals surface area contributed by atoms with E-state index in [1.807, 2.05) is 24.3 Å². The van der Waals surface area contributed by atoms with Gasteiger partial charge in [-0.15, -0.1) is 0 Å². The van der Waals surface area contributed by atoms with Crippen molar-refractivity contribution in [1.82, 2.24) is 19.9 Å². The number of benzene rings is 2. The number of para-hydroxylation sites is 1. The molecule has 0 saturated carbocycles. The fraction of sp³-hybridized carbons (Fsp3) is 0.182. The Kier molecular flexibility index (Phi) is 6.33. The van der Waals surface area contributed by atoms with Gasteiger partial charge in [-0.2, -0.15) is 4.98 Å². The van der Waals surface area contributed by atoms with Gasteiger partial charge >= 0.3 is 0 Å². The number of nitrogens with zero attached hydrogens (tertiary/aromatic N) is 4. The van der Waals surface area contributed by atoms with Crippen LogP contribution in [0.3, 0.4) is 0 Å². The fourth-order valence-electron chi connectivity index (χ4n) is 6.05. The topological polar surface area (TPSA) is 110 Å². The maximum atomic E-state index is 13.7. The number of fused-ring (bicyclic) bond motifs is 6. The van der Waals surface area contributed by atoms with E-state index in [1.54, 1.807) is 6.07 Å². The number of aromatic nitrogens is 3. The molecule has 0 radical (unpaired) electrons. The minimum Gasteiger partial charge on any atom is -0.437 e. The Morgan fingerprint density at radius 3 is 2.52 bits per heavy atom. The van der Waals surface area contributed by atoms with Crippen LogP contribution in [0.2, 0.25) is 0 Å². The van der Waals surface area contributed by atoms with E-state index in [4.69, 9.17) is 9.40 Å². The van der Waals surface area contributed by atoms with E-state index in [9.17, 15) is 17.6 Å². The summed E-state index contributed by atoms with van der Waals surface area (Å²) in [7, 11) is -0.834. The van der Waals surface area contributed by atoms with Gasteiger partial charge in [0.1, 0.15) is 11.6 Å². The van der Waals surface area contributed by atoms with E-state index < -0.39 is 21.7 Å². The third-order valence-corrected chi connectivity index (χ3v) is 9.49. The molecule has 1 amide bonds. The van der Waals surface area contributed by atoms with Crippen LogP contribution in [0.5, 0.6) is 0 Å². The average molecular weight is 610 g/mol. The van der Waals surface area contributed by atoms with Gasteiger partial charge in [0.25, 0.3) is 5.91 Å². The van der Waals surface area contributed by atoms with Gasteiger partial charge in [-0.3, -0.25) is 9.10 Å². The number of furan rings is 1. The highest BCUT2D eigenvalue weighted by Gasteiger charge is 2.29. The molecule has 1 N–H and O–H groups in total. The van der Waals surface area contributed by atoms with Crippen LogP contribution in [0.15, 0.2) is 71.1 Å². The zero-order chi connectivity index (χ0) is 30.9. The van der Waals surface area contributed by atoms with Crippen molar-refractivity contribution in [3.05, 3.63) is 89.2 Å². The Labute approximate surface area is 253 Å². The van der Waals surface area contributed by atoms with E-state index in [2.05, 4.69) is 33.9 Å². The molecule has 0 spiro atoms. The minimum absolute atomic E-state index is 0.0612. The van der Waals surface area contributed by atoms with E-state index in [1.165, 1.54) is 38.4 Å². The molecule has 44 heavy (non-hydrogen) atoms. The Balaban J connectivity index is 1.51. The first kappa shape index (κ1) is 27.8. The van der Waals surface area contributed by atoms with Gasteiger partial charge in [0.05, 0.1) is 34.3 Å². The molecule has 0 saturated heterocycles. The van der Waals surface area contributed by atoms with Crippen molar-refractivity contribution in [3.8, 4) is 34.0 Å². The molecule has 222 valence electrons. The number of carbonyl (C=O) groups excluding carboxylic acids is 1. The smallest absolute Gasteiger partial charge is 0.255 e. The van der Waals surface area contributed by atoms with Crippen LogP contribution >= 0.6 is 0 Å². The SMILES string of the molecule is CNC(=O)c1c(-c2ccc(F)cc2)oc2nc(N(C)S(C)(=O)=O)c(-c3ccc4c(n3)-c3c(C)c5ccccc5n3CC4)cc12. The van der Waals surface area contributed by atoms with E-state index in [-0.39, 0.29) is 22.9 Å². The quantitative estimate of drug-likeness (QED) is 0.259. The summed E-state index contributed by atoms with van der Waals surface area (Å²) in [4.78, 5) is 23.0. The summed E-state index contributed by atoms with van der Waals surface area (Å²) in [5, 5.41) is 4.17. The number of rotatable bonds is 5. The van der Waals surface area contributed by atoms with E-state index in [0.29, 0.717) is 22.2 Å². The van der Waals surface area contributed by atoms with Gasteiger partial charge in [0, 0.05) is 42.7 Å². The first-order chi connectivity index (χ1) is 21.1. The summed E-state index contributed by atoms with van der Waals surface area (Å²) in [5.41, 5.74) is 6.83. The number of hydrogen-bond acceptors (Lipinski definition) is 6. The summed E-state index contributed by atoms with van der Waals surface area (Å²) >= 11 is 0. The molecule has 0 atom stereocenters. The standard InChI is InChI=1S/C33H28FN5O4S/c1-18-22-7-5-6-8-26(22)39-16-15-19-11-14-25(36-28(19)29(18)39)23-17-24-27(32(40)35-2)30(20-9-12-21(34)13-10-20)43-33(24)37-31(23)38(3)44(4,41)42/h5-14,17H,15-16H2,1-4H3,(H,35,40). The Hall–Kier alpha value is -5.03. The summed E-state index contributed by atoms with van der Waals surface area (Å²) in [6, 6.07) is 19.4. The van der Waals surface area contributed by atoms with Gasteiger partial charge < -0.3 is 14.3 Å². The molecule has 4 aromatic heterocycles. The number of anilines is 1. The van der Waals surface area contributed by atoms with Crippen LogP contribution in [0.25, 0.3) is 56.0 Å². The summed E-state index contributed by atoms with van der Waals surface area (Å²) < 4.78 is 48.8. The Bertz CT molecular complexity index is 2250. The maximum Gasteiger partial charge on any atom is 0.255 e. The lowest BCUT2D eigenvalue weighted by Gasteiger charge is -2.22. The number of amides is 1. The van der Waals surface area contributed by atoms with Crippen molar-refractivity contribution in [2.24, 2.45) is 0 Å². The number of sulfonamides is 1. The molecule has 1 aliphatic rings. The van der Waals surface area contributed by atoms with E-state index in [0.717, 1.165) is 56.9 Å². The highest BCUT2D eigenvalue weighted by Crippen LogP contribution is 2.42. The highest BCUT2D eigenvalue weighted by atomic mass is 32.2. The van der Waals surface area contributed by atoms with Crippen molar-refractivity contribution in [1.29, 1.82) is 0 Å². The molecule has 1 aliphatic heterocycles. The van der Waals surface area contributed by atoms with E-state index >= 15 is 0 Å². The molecule has 0 bridgehead atoms.